The van der Waals surface area contributed by atoms with E-state index in [1.54, 1.807) is 19.2 Å². The smallest absolute Gasteiger partial charge is 0.353 e. The van der Waals surface area contributed by atoms with E-state index in [-0.39, 0.29) is 17.7 Å². The van der Waals surface area contributed by atoms with Gasteiger partial charge in [-0.3, -0.25) is 9.48 Å². The van der Waals surface area contributed by atoms with Gasteiger partial charge in [0.1, 0.15) is 0 Å². The van der Waals surface area contributed by atoms with Gasteiger partial charge in [0.25, 0.3) is 0 Å². The average molecular weight is 575 g/mol. The second-order valence-corrected chi connectivity index (χ2v) is 9.78. The molecule has 8 heteroatoms. The molecule has 0 aliphatic rings. The molecule has 1 atom stereocenters. The molecule has 0 bridgehead atoms. The third-order valence-electron chi connectivity index (χ3n) is 7.10. The first-order chi connectivity index (χ1) is 20.9. The van der Waals surface area contributed by atoms with Gasteiger partial charge in [-0.15, -0.1) is 0 Å². The van der Waals surface area contributed by atoms with Crippen LogP contribution in [-0.4, -0.2) is 41.9 Å². The molecule has 216 valence electrons. The highest BCUT2D eigenvalue weighted by Crippen LogP contribution is 2.36. The van der Waals surface area contributed by atoms with Crippen LogP contribution in [0.25, 0.3) is 33.4 Å². The Morgan fingerprint density at radius 3 is 1.67 bits per heavy atom. The molecule has 5 rings (SSSR count). The molecule has 0 aliphatic carbocycles. The molecule has 0 N–H and O–H groups in total. The predicted octanol–water partition coefficient (Wildman–Crippen LogP) is 6.21. The normalized spacial score (nSPS) is 11.4. The zero-order valence-corrected chi connectivity index (χ0v) is 24.0. The first kappa shape index (κ1) is 29.0. The zero-order valence-electron chi connectivity index (χ0n) is 24.0. The topological polar surface area (TPSA) is 96.7 Å². The Bertz CT molecular complexity index is 1730. The van der Waals surface area contributed by atoms with Crippen LogP contribution in [0, 0.1) is 0 Å². The lowest BCUT2D eigenvalue weighted by molar-refractivity contribution is -0.151. The molecule has 0 amide bonds. The number of aromatic nitrogens is 2. The van der Waals surface area contributed by atoms with Gasteiger partial charge in [-0.05, 0) is 39.9 Å². The van der Waals surface area contributed by atoms with Crippen molar-refractivity contribution < 1.29 is 28.6 Å². The van der Waals surface area contributed by atoms with E-state index < -0.39 is 24.0 Å². The van der Waals surface area contributed by atoms with Crippen LogP contribution >= 0.6 is 0 Å². The van der Waals surface area contributed by atoms with Gasteiger partial charge in [0, 0.05) is 12.6 Å². The average Bonchev–Trinajstić information content (AvgIpc) is 3.38. The fourth-order valence-corrected chi connectivity index (χ4v) is 4.93. The highest BCUT2D eigenvalue weighted by atomic mass is 16.6. The minimum atomic E-state index is -1.46. The molecule has 0 spiro atoms. The maximum absolute atomic E-state index is 13.4. The van der Waals surface area contributed by atoms with Crippen LogP contribution in [0.15, 0.2) is 109 Å². The van der Waals surface area contributed by atoms with Gasteiger partial charge >= 0.3 is 17.9 Å². The summed E-state index contributed by atoms with van der Waals surface area (Å²) in [5.41, 5.74) is 6.02. The summed E-state index contributed by atoms with van der Waals surface area (Å²) in [5, 5.41) is 4.54. The summed E-state index contributed by atoms with van der Waals surface area (Å²) in [5.74, 6) is -2.00. The van der Waals surface area contributed by atoms with Gasteiger partial charge in [-0.2, -0.15) is 5.10 Å². The highest BCUT2D eigenvalue weighted by molar-refractivity contribution is 5.93. The van der Waals surface area contributed by atoms with Gasteiger partial charge in [0.15, 0.2) is 0 Å². The number of carbonyl (C=O) groups is 3. The summed E-state index contributed by atoms with van der Waals surface area (Å²) in [6.45, 7) is 0. The molecular formula is C35H30N2O6. The number of methoxy groups -OCH3 is 2. The molecule has 1 unspecified atom stereocenters. The van der Waals surface area contributed by atoms with Crippen LogP contribution < -0.4 is 0 Å². The Balaban J connectivity index is 1.53. The van der Waals surface area contributed by atoms with Gasteiger partial charge in [-0.25, -0.2) is 9.59 Å². The van der Waals surface area contributed by atoms with Crippen molar-refractivity contribution in [2.45, 2.75) is 12.5 Å². The van der Waals surface area contributed by atoms with Crippen LogP contribution in [-0.2, 0) is 37.3 Å². The van der Waals surface area contributed by atoms with Crippen LogP contribution in [0.3, 0.4) is 0 Å². The number of benzene rings is 4. The number of esters is 3. The molecule has 0 aliphatic heterocycles. The van der Waals surface area contributed by atoms with Crippen LogP contribution in [0.1, 0.15) is 27.8 Å². The lowest BCUT2D eigenvalue weighted by Crippen LogP contribution is -2.24. The summed E-state index contributed by atoms with van der Waals surface area (Å²) in [6, 6.07) is 34.2. The largest absolute Gasteiger partial charge is 0.469 e. The lowest BCUT2D eigenvalue weighted by Gasteiger charge is -2.18. The predicted molar refractivity (Wildman–Crippen MR) is 162 cm³/mol. The van der Waals surface area contributed by atoms with Gasteiger partial charge in [0.05, 0.1) is 37.6 Å². The van der Waals surface area contributed by atoms with Crippen molar-refractivity contribution in [3.05, 3.63) is 126 Å². The third kappa shape index (κ3) is 6.38. The molecule has 5 aromatic rings. The quantitative estimate of drug-likeness (QED) is 0.153. The Labute approximate surface area is 249 Å². The van der Waals surface area contributed by atoms with E-state index in [2.05, 4.69) is 5.10 Å². The summed E-state index contributed by atoms with van der Waals surface area (Å²) in [7, 11) is 4.14. The van der Waals surface area contributed by atoms with E-state index in [0.29, 0.717) is 16.8 Å². The van der Waals surface area contributed by atoms with Crippen molar-refractivity contribution >= 4 is 17.9 Å². The van der Waals surface area contributed by atoms with Crippen molar-refractivity contribution in [3.8, 4) is 33.4 Å². The van der Waals surface area contributed by atoms with Crippen LogP contribution in [0.5, 0.6) is 0 Å². The third-order valence-corrected chi connectivity index (χ3v) is 7.10. The number of ether oxygens (including phenoxy) is 3. The molecule has 0 fully saturated rings. The SMILES string of the molecule is COC(=O)Cc1nn(C)c(C(OC(=O)c2ccc(-c3ccccc3)cc2)C(=O)OC)c1-c1ccc(-c2ccccc2)cc1. The number of aryl methyl sites for hydroxylation is 1. The molecular weight excluding hydrogens is 544 g/mol. The summed E-state index contributed by atoms with van der Waals surface area (Å²) >= 11 is 0. The maximum Gasteiger partial charge on any atom is 0.353 e. The number of hydrogen-bond acceptors (Lipinski definition) is 7. The summed E-state index contributed by atoms with van der Waals surface area (Å²) in [4.78, 5) is 38.8. The Kier molecular flexibility index (Phi) is 8.77. The molecule has 8 nitrogen and oxygen atoms in total. The second kappa shape index (κ2) is 13.0. The summed E-state index contributed by atoms with van der Waals surface area (Å²) in [6.07, 6.45) is -1.61. The second-order valence-electron chi connectivity index (χ2n) is 9.78. The first-order valence-electron chi connectivity index (χ1n) is 13.6. The van der Waals surface area contributed by atoms with Crippen molar-refractivity contribution in [3.63, 3.8) is 0 Å². The monoisotopic (exact) mass is 574 g/mol. The van der Waals surface area contributed by atoms with E-state index in [1.165, 1.54) is 18.9 Å². The number of rotatable bonds is 9. The fourth-order valence-electron chi connectivity index (χ4n) is 4.93. The molecule has 0 radical (unpaired) electrons. The molecule has 0 saturated carbocycles. The molecule has 43 heavy (non-hydrogen) atoms. The molecule has 0 saturated heterocycles. The lowest BCUT2D eigenvalue weighted by atomic mass is 9.96. The van der Waals surface area contributed by atoms with Gasteiger partial charge in [-0.1, -0.05) is 97.1 Å². The molecule has 1 heterocycles. The minimum absolute atomic E-state index is 0.150. The van der Waals surface area contributed by atoms with E-state index in [4.69, 9.17) is 14.2 Å². The van der Waals surface area contributed by atoms with Gasteiger partial charge < -0.3 is 14.2 Å². The molecule has 1 aromatic heterocycles. The molecule has 4 aromatic carbocycles. The van der Waals surface area contributed by atoms with Crippen LogP contribution in [0.2, 0.25) is 0 Å². The van der Waals surface area contributed by atoms with Crippen LogP contribution in [0.4, 0.5) is 0 Å². The number of hydrogen-bond donors (Lipinski definition) is 0. The van der Waals surface area contributed by atoms with E-state index in [0.717, 1.165) is 22.3 Å². The first-order valence-corrected chi connectivity index (χ1v) is 13.6. The van der Waals surface area contributed by atoms with E-state index in [1.807, 2.05) is 97.1 Å². The fraction of sp³-hybridized carbons (Fsp3) is 0.143. The standard InChI is InChI=1S/C35H30N2O6/c1-37-32(33(35(40)42-3)43-34(39)28-20-16-26(17-21-28)24-12-8-5-9-13-24)31(29(36-37)22-30(38)41-2)27-18-14-25(15-19-27)23-10-6-4-7-11-23/h4-21,33H,22H2,1-3H3. The summed E-state index contributed by atoms with van der Waals surface area (Å²) < 4.78 is 17.2. The Morgan fingerprint density at radius 1 is 0.674 bits per heavy atom. The van der Waals surface area contributed by atoms with Crippen molar-refractivity contribution in [1.29, 1.82) is 0 Å². The van der Waals surface area contributed by atoms with E-state index in [9.17, 15) is 14.4 Å². The minimum Gasteiger partial charge on any atom is -0.469 e. The Morgan fingerprint density at radius 2 is 1.16 bits per heavy atom. The van der Waals surface area contributed by atoms with Crippen molar-refractivity contribution in [1.82, 2.24) is 9.78 Å². The van der Waals surface area contributed by atoms with E-state index >= 15 is 0 Å². The van der Waals surface area contributed by atoms with Crippen molar-refractivity contribution in [2.75, 3.05) is 14.2 Å². The zero-order chi connectivity index (χ0) is 30.3. The number of carbonyl (C=O) groups excluding carboxylic acids is 3. The number of nitrogens with zero attached hydrogens (tertiary/aromatic N) is 2. The maximum atomic E-state index is 13.4. The Hall–Kier alpha value is -5.50. The van der Waals surface area contributed by atoms with Gasteiger partial charge in [0.2, 0.25) is 6.10 Å². The van der Waals surface area contributed by atoms with Crippen molar-refractivity contribution in [2.24, 2.45) is 7.05 Å². The highest BCUT2D eigenvalue weighted by Gasteiger charge is 2.35.